The van der Waals surface area contributed by atoms with Crippen molar-refractivity contribution < 1.29 is 4.52 Å². The third-order valence-electron chi connectivity index (χ3n) is 3.41. The van der Waals surface area contributed by atoms with Crippen LogP contribution in [-0.4, -0.2) is 10.1 Å². The molecule has 0 bridgehead atoms. The van der Waals surface area contributed by atoms with E-state index < -0.39 is 0 Å². The van der Waals surface area contributed by atoms with Crippen LogP contribution in [0.5, 0.6) is 0 Å². The molecule has 0 saturated carbocycles. The molecule has 0 amide bonds. The maximum absolute atomic E-state index is 6.08. The third-order valence-corrected chi connectivity index (χ3v) is 3.90. The Kier molecular flexibility index (Phi) is 3.51. The fourth-order valence-corrected chi connectivity index (χ4v) is 2.66. The number of nitrogens with zero attached hydrogens (tertiary/aromatic N) is 2. The van der Waals surface area contributed by atoms with Crippen molar-refractivity contribution in [3.8, 4) is 22.8 Å². The molecule has 2 aromatic carbocycles. The van der Waals surface area contributed by atoms with E-state index in [1.54, 1.807) is 0 Å². The van der Waals surface area contributed by atoms with Gasteiger partial charge in [0.05, 0.1) is 5.56 Å². The molecular weight excluding hydrogens is 330 g/mol. The molecule has 0 aliphatic rings. The molecule has 0 spiro atoms. The number of aryl methyl sites for hydroxylation is 2. The molecule has 1 heterocycles. The Morgan fingerprint density at radius 3 is 2.62 bits per heavy atom. The minimum atomic E-state index is 0.438. The number of aromatic nitrogens is 2. The molecule has 21 heavy (non-hydrogen) atoms. The summed E-state index contributed by atoms with van der Waals surface area (Å²) in [5.74, 6) is 1.00. The molecule has 3 rings (SSSR count). The van der Waals surface area contributed by atoms with Gasteiger partial charge in [0.2, 0.25) is 5.82 Å². The van der Waals surface area contributed by atoms with Crippen LogP contribution in [0.15, 0.2) is 45.4 Å². The molecule has 3 aromatic rings. The number of para-hydroxylation sites is 1. The van der Waals surface area contributed by atoms with Crippen molar-refractivity contribution in [2.75, 3.05) is 5.73 Å². The van der Waals surface area contributed by atoms with E-state index in [1.165, 1.54) is 0 Å². The first-order chi connectivity index (χ1) is 10.1. The quantitative estimate of drug-likeness (QED) is 0.702. The zero-order chi connectivity index (χ0) is 15.0. The van der Waals surface area contributed by atoms with Gasteiger partial charge in [-0.15, -0.1) is 0 Å². The molecule has 0 aliphatic heterocycles. The second kappa shape index (κ2) is 5.33. The number of rotatable bonds is 2. The summed E-state index contributed by atoms with van der Waals surface area (Å²) in [6.07, 6.45) is 0. The largest absolute Gasteiger partial charge is 0.398 e. The molecule has 1 aromatic heterocycles. The van der Waals surface area contributed by atoms with Gasteiger partial charge in [-0.1, -0.05) is 33.2 Å². The molecule has 2 N–H and O–H groups in total. The highest BCUT2D eigenvalue weighted by Gasteiger charge is 2.15. The Labute approximate surface area is 131 Å². The number of nitrogen functional groups attached to an aromatic ring is 1. The lowest BCUT2D eigenvalue weighted by atomic mass is 10.1. The van der Waals surface area contributed by atoms with Crippen molar-refractivity contribution in [2.45, 2.75) is 13.8 Å². The van der Waals surface area contributed by atoms with E-state index in [2.05, 4.69) is 26.1 Å². The van der Waals surface area contributed by atoms with E-state index in [-0.39, 0.29) is 0 Å². The molecule has 5 heteroatoms. The Bertz CT molecular complexity index is 811. The Morgan fingerprint density at radius 2 is 1.86 bits per heavy atom. The fourth-order valence-electron chi connectivity index (χ4n) is 2.19. The predicted molar refractivity (Wildman–Crippen MR) is 86.8 cm³/mol. The van der Waals surface area contributed by atoms with E-state index >= 15 is 0 Å². The van der Waals surface area contributed by atoms with Crippen LogP contribution in [0.1, 0.15) is 11.1 Å². The van der Waals surface area contributed by atoms with Gasteiger partial charge in [-0.3, -0.25) is 0 Å². The zero-order valence-corrected chi connectivity index (χ0v) is 13.3. The van der Waals surface area contributed by atoms with Crippen LogP contribution >= 0.6 is 15.9 Å². The minimum Gasteiger partial charge on any atom is -0.398 e. The van der Waals surface area contributed by atoms with Crippen LogP contribution in [0.4, 0.5) is 5.69 Å². The maximum Gasteiger partial charge on any atom is 0.260 e. The van der Waals surface area contributed by atoms with Crippen molar-refractivity contribution >= 4 is 21.6 Å². The van der Waals surface area contributed by atoms with Gasteiger partial charge in [-0.2, -0.15) is 4.98 Å². The summed E-state index contributed by atoms with van der Waals surface area (Å²) >= 11 is 3.45. The average Bonchev–Trinajstić information content (AvgIpc) is 2.91. The first kappa shape index (κ1) is 13.8. The molecule has 106 valence electrons. The van der Waals surface area contributed by atoms with Gasteiger partial charge >= 0.3 is 0 Å². The van der Waals surface area contributed by atoms with Crippen molar-refractivity contribution in [1.29, 1.82) is 0 Å². The summed E-state index contributed by atoms with van der Waals surface area (Å²) in [6.45, 7) is 3.96. The molecule has 4 nitrogen and oxygen atoms in total. The van der Waals surface area contributed by atoms with Crippen molar-refractivity contribution in [3.63, 3.8) is 0 Å². The molecule has 0 aliphatic carbocycles. The van der Waals surface area contributed by atoms with E-state index in [4.69, 9.17) is 10.3 Å². The first-order valence-electron chi connectivity index (χ1n) is 6.52. The predicted octanol–water partition coefficient (Wildman–Crippen LogP) is 4.37. The average molecular weight is 344 g/mol. The SMILES string of the molecule is Cc1cc(Br)ccc1-c1noc(-c2cccc(C)c2N)n1. The lowest BCUT2D eigenvalue weighted by Crippen LogP contribution is -1.93. The van der Waals surface area contributed by atoms with Crippen LogP contribution in [0.2, 0.25) is 0 Å². The van der Waals surface area contributed by atoms with Gasteiger partial charge < -0.3 is 10.3 Å². The highest BCUT2D eigenvalue weighted by atomic mass is 79.9. The standard InChI is InChI=1S/C16H14BrN3O/c1-9-4-3-5-13(14(9)18)16-19-15(20-21-16)12-7-6-11(17)8-10(12)2/h3-8H,18H2,1-2H3. The fraction of sp³-hybridized carbons (Fsp3) is 0.125. The smallest absolute Gasteiger partial charge is 0.260 e. The zero-order valence-electron chi connectivity index (χ0n) is 11.7. The van der Waals surface area contributed by atoms with E-state index in [0.717, 1.165) is 26.7 Å². The van der Waals surface area contributed by atoms with E-state index in [1.807, 2.05) is 50.2 Å². The Morgan fingerprint density at radius 1 is 1.05 bits per heavy atom. The molecule has 0 unspecified atom stereocenters. The summed E-state index contributed by atoms with van der Waals surface area (Å²) in [7, 11) is 0. The van der Waals surface area contributed by atoms with Crippen LogP contribution < -0.4 is 5.73 Å². The molecule has 0 fully saturated rings. The van der Waals surface area contributed by atoms with Crippen molar-refractivity contribution in [1.82, 2.24) is 10.1 Å². The number of nitrogens with two attached hydrogens (primary N) is 1. The maximum atomic E-state index is 6.08. The molecule has 0 atom stereocenters. The number of benzene rings is 2. The van der Waals surface area contributed by atoms with Crippen molar-refractivity contribution in [3.05, 3.63) is 52.0 Å². The minimum absolute atomic E-state index is 0.438. The normalized spacial score (nSPS) is 10.8. The van der Waals surface area contributed by atoms with Crippen LogP contribution in [-0.2, 0) is 0 Å². The van der Waals surface area contributed by atoms with Gasteiger partial charge in [0.15, 0.2) is 0 Å². The van der Waals surface area contributed by atoms with Gasteiger partial charge in [0.25, 0.3) is 5.89 Å². The number of hydrogen-bond acceptors (Lipinski definition) is 4. The van der Waals surface area contributed by atoms with E-state index in [0.29, 0.717) is 17.4 Å². The Hall–Kier alpha value is -2.14. The summed E-state index contributed by atoms with van der Waals surface area (Å²) in [5, 5.41) is 4.07. The summed E-state index contributed by atoms with van der Waals surface area (Å²) in [4.78, 5) is 4.47. The molecule has 0 saturated heterocycles. The number of halogens is 1. The summed E-state index contributed by atoms with van der Waals surface area (Å²) in [6, 6.07) is 11.7. The van der Waals surface area contributed by atoms with Gasteiger partial charge in [0, 0.05) is 15.7 Å². The lowest BCUT2D eigenvalue weighted by molar-refractivity contribution is 0.432. The van der Waals surface area contributed by atoms with E-state index in [9.17, 15) is 0 Å². The number of anilines is 1. The van der Waals surface area contributed by atoms with Crippen LogP contribution in [0, 0.1) is 13.8 Å². The second-order valence-electron chi connectivity index (χ2n) is 4.92. The monoisotopic (exact) mass is 343 g/mol. The van der Waals surface area contributed by atoms with Crippen LogP contribution in [0.25, 0.3) is 22.8 Å². The molecular formula is C16H14BrN3O. The number of hydrogen-bond donors (Lipinski definition) is 1. The lowest BCUT2D eigenvalue weighted by Gasteiger charge is -2.03. The highest BCUT2D eigenvalue weighted by molar-refractivity contribution is 9.10. The first-order valence-corrected chi connectivity index (χ1v) is 7.31. The van der Waals surface area contributed by atoms with Crippen LogP contribution in [0.3, 0.4) is 0 Å². The summed E-state index contributed by atoms with van der Waals surface area (Å²) < 4.78 is 6.40. The third kappa shape index (κ3) is 2.56. The van der Waals surface area contributed by atoms with Crippen molar-refractivity contribution in [2.24, 2.45) is 0 Å². The topological polar surface area (TPSA) is 64.9 Å². The van der Waals surface area contributed by atoms with Gasteiger partial charge in [-0.05, 0) is 49.2 Å². The summed E-state index contributed by atoms with van der Waals surface area (Å²) in [5.41, 5.74) is 10.5. The van der Waals surface area contributed by atoms with Gasteiger partial charge in [-0.25, -0.2) is 0 Å². The molecule has 0 radical (unpaired) electrons. The van der Waals surface area contributed by atoms with Gasteiger partial charge in [0.1, 0.15) is 0 Å². The highest BCUT2D eigenvalue weighted by Crippen LogP contribution is 2.30. The Balaban J connectivity index is 2.06. The second-order valence-corrected chi connectivity index (χ2v) is 5.83.